The first-order valence-electron chi connectivity index (χ1n) is 17.9. The van der Waals surface area contributed by atoms with Crippen LogP contribution in [0, 0.1) is 0 Å². The molecule has 0 aliphatic carbocycles. The maximum Gasteiger partial charge on any atom is 1.00 e. The molecule has 0 saturated carbocycles. The Balaban J connectivity index is 0.00000666. The molecule has 0 bridgehead atoms. The molecule has 5 rings (SSSR count). The minimum Gasteiger partial charge on any atom is -0.744 e. The Labute approximate surface area is 511 Å². The Bertz CT molecular complexity index is 3290. The first kappa shape index (κ1) is 69.3. The van der Waals surface area contributed by atoms with Gasteiger partial charge in [0.25, 0.3) is 0 Å². The number of phenols is 3. The van der Waals surface area contributed by atoms with Crippen LogP contribution < -0.4 is 138 Å². The molecule has 73 heavy (non-hydrogen) atoms. The average Bonchev–Trinajstić information content (AvgIpc) is 3.29. The van der Waals surface area contributed by atoms with Gasteiger partial charge in [0.1, 0.15) is 33.0 Å². The van der Waals surface area contributed by atoms with Gasteiger partial charge in [0.15, 0.2) is 66.3 Å². The Morgan fingerprint density at radius 3 is 1.51 bits per heavy atom. The summed E-state index contributed by atoms with van der Waals surface area (Å²) in [6, 6.07) is 11.9. The van der Waals surface area contributed by atoms with Crippen molar-refractivity contribution < 1.29 is 223 Å². The first-order chi connectivity index (χ1) is 32.5. The van der Waals surface area contributed by atoms with E-state index in [1.165, 1.54) is 19.2 Å². The van der Waals surface area contributed by atoms with Crippen LogP contribution in [0.4, 0.5) is 34.1 Å². The molecule has 5 aromatic carbocycles. The van der Waals surface area contributed by atoms with Gasteiger partial charge in [-0.3, -0.25) is 18.4 Å². The monoisotopic (exact) mass is 1170 g/mol. The van der Waals surface area contributed by atoms with Gasteiger partial charge in [0, 0.05) is 10.3 Å². The summed E-state index contributed by atoms with van der Waals surface area (Å²) < 4.78 is 149. The standard InChI is InChI=1S/C34H32N6O23S6.4Na/c1-56-25-8-6-19(66(46,47)12-10-58-65-63-61-45)16-23(25)36-39-30-32(41)29(38-35-18-14-22-21(27(15-18)64-62-60-44)4-3-5-28(22)68(50,51)52)33(42)31(34(30)43)40-37-24-17-20(7-9-26(24)57-2)67(48,49)13-11-59-69(53,54)55;;;;/h3-9,14-17,41-45H,10-13H2,1-2H3,(H,50,51,52)(H,53,54,55);;;;/q;4*+1/p-4. The molecule has 0 heterocycles. The van der Waals surface area contributed by atoms with Crippen molar-refractivity contribution in [2.24, 2.45) is 30.7 Å². The number of aromatic hydroxyl groups is 3. The summed E-state index contributed by atoms with van der Waals surface area (Å²) in [6.07, 6.45) is 0. The summed E-state index contributed by atoms with van der Waals surface area (Å²) in [7, 11) is -16.7. The number of phenolic OH excluding ortho intramolecular Hbond substituents is 3. The molecule has 5 aromatic rings. The summed E-state index contributed by atoms with van der Waals surface area (Å²) in [4.78, 5) is -1.74. The molecule has 0 radical (unpaired) electrons. The first-order valence-corrected chi connectivity index (χ1v) is 25.4. The van der Waals surface area contributed by atoms with Crippen LogP contribution in [0.1, 0.15) is 0 Å². The quantitative estimate of drug-likeness (QED) is 0.00755. The van der Waals surface area contributed by atoms with Crippen LogP contribution >= 0.6 is 24.4 Å². The molecule has 0 atom stereocenters. The fourth-order valence-electron chi connectivity index (χ4n) is 5.55. The van der Waals surface area contributed by atoms with Crippen molar-refractivity contribution in [3.63, 3.8) is 0 Å². The van der Waals surface area contributed by atoms with Crippen LogP contribution in [0.5, 0.6) is 28.7 Å². The topological polar surface area (TPSA) is 437 Å². The van der Waals surface area contributed by atoms with Gasteiger partial charge in [0.05, 0.1) is 71.4 Å². The van der Waals surface area contributed by atoms with Gasteiger partial charge in [-0.05, 0) is 60.0 Å². The van der Waals surface area contributed by atoms with Crippen molar-refractivity contribution in [1.82, 2.24) is 0 Å². The molecule has 0 unspecified atom stereocenters. The van der Waals surface area contributed by atoms with E-state index < -0.39 is 115 Å². The smallest absolute Gasteiger partial charge is 0.744 e. The normalized spacial score (nSPS) is 12.1. The van der Waals surface area contributed by atoms with E-state index in [0.29, 0.717) is 0 Å². The number of hydrogen-bond donors (Lipinski definition) is 3. The van der Waals surface area contributed by atoms with Crippen LogP contribution in [-0.2, 0) is 67.3 Å². The minimum atomic E-state index is -5.25. The van der Waals surface area contributed by atoms with Crippen molar-refractivity contribution in [3.8, 4) is 28.7 Å². The van der Waals surface area contributed by atoms with Crippen LogP contribution in [0.25, 0.3) is 10.8 Å². The van der Waals surface area contributed by atoms with E-state index in [1.54, 1.807) is 0 Å². The molecule has 0 aliphatic rings. The molecular formula is C34H28N6Na4O23S6. The fourth-order valence-corrected chi connectivity index (χ4v) is 9.69. The van der Waals surface area contributed by atoms with Gasteiger partial charge in [-0.15, -0.1) is 29.9 Å². The fraction of sp³-hybridized carbons (Fsp3) is 0.176. The maximum absolute atomic E-state index is 13.1. The van der Waals surface area contributed by atoms with Gasteiger partial charge >= 0.3 is 118 Å². The van der Waals surface area contributed by atoms with E-state index in [2.05, 4.69) is 53.6 Å². The van der Waals surface area contributed by atoms with Gasteiger partial charge in [0.2, 0.25) is 10.4 Å². The zero-order chi connectivity index (χ0) is 50.7. The number of ether oxygens (including phenoxy) is 2. The second-order valence-corrected chi connectivity index (χ2v) is 20.6. The summed E-state index contributed by atoms with van der Waals surface area (Å²) >= 11 is 0.328. The Morgan fingerprint density at radius 1 is 0.575 bits per heavy atom. The number of benzene rings is 5. The molecule has 0 fully saturated rings. The Hall–Kier alpha value is -1.74. The third-order valence-electron chi connectivity index (χ3n) is 8.59. The zero-order valence-corrected chi connectivity index (χ0v) is 51.2. The molecule has 0 spiro atoms. The second kappa shape index (κ2) is 31.0. The third-order valence-corrected chi connectivity index (χ3v) is 14.3. The van der Waals surface area contributed by atoms with E-state index in [0.717, 1.165) is 61.7 Å². The molecule has 0 amide bonds. The van der Waals surface area contributed by atoms with Crippen molar-refractivity contribution in [2.75, 3.05) is 38.9 Å². The minimum absolute atomic E-state index is 0. The summed E-state index contributed by atoms with van der Waals surface area (Å²) in [5, 5.41) is 84.5. The Kier molecular flexibility index (Phi) is 29.4. The summed E-state index contributed by atoms with van der Waals surface area (Å²) in [6.45, 7) is -1.56. The van der Waals surface area contributed by atoms with E-state index in [9.17, 15) is 68.6 Å². The SMILES string of the molecule is COc1ccc(S(=O)(=O)CCOSOO[O-])cc1N=Nc1c(O)c(N=Nc2cc(SOO[O-])c3cccc(S(=O)(=O)[O-])c3c2)c(O)c(N=Nc2cc(S(=O)(=O)CCOS(=O)(=O)[O-])ccc2OC)c1O.[Na+].[Na+].[Na+].[Na+]. The zero-order valence-electron chi connectivity index (χ0n) is 38.3. The second-order valence-electron chi connectivity index (χ2n) is 12.7. The van der Waals surface area contributed by atoms with E-state index in [1.807, 2.05) is 0 Å². The molecule has 29 nitrogen and oxygen atoms in total. The largest absolute Gasteiger partial charge is 1.00 e. The third kappa shape index (κ3) is 19.0. The van der Waals surface area contributed by atoms with Crippen LogP contribution in [0.2, 0.25) is 0 Å². The van der Waals surface area contributed by atoms with Crippen molar-refractivity contribution in [2.45, 2.75) is 19.6 Å². The van der Waals surface area contributed by atoms with Gasteiger partial charge in [-0.25, -0.2) is 33.7 Å². The van der Waals surface area contributed by atoms with E-state index in [4.69, 9.17) is 13.7 Å². The van der Waals surface area contributed by atoms with Gasteiger partial charge in [-0.1, -0.05) is 12.1 Å². The number of fused-ring (bicyclic) bond motifs is 1. The maximum atomic E-state index is 13.1. The van der Waals surface area contributed by atoms with E-state index in [-0.39, 0.29) is 186 Å². The number of rotatable bonds is 24. The predicted molar refractivity (Wildman–Crippen MR) is 225 cm³/mol. The van der Waals surface area contributed by atoms with Crippen LogP contribution in [0.3, 0.4) is 0 Å². The predicted octanol–water partition coefficient (Wildman–Crippen LogP) is -7.80. The van der Waals surface area contributed by atoms with Gasteiger partial charge in [-0.2, -0.15) is 9.45 Å². The van der Waals surface area contributed by atoms with Gasteiger partial charge < -0.3 is 44.4 Å². The average molecular weight is 1170 g/mol. The van der Waals surface area contributed by atoms with Crippen molar-refractivity contribution in [1.29, 1.82) is 0 Å². The van der Waals surface area contributed by atoms with Crippen molar-refractivity contribution in [3.05, 3.63) is 66.7 Å². The summed E-state index contributed by atoms with van der Waals surface area (Å²) in [5.41, 5.74) is -4.09. The molecule has 372 valence electrons. The molecular weight excluding hydrogens is 1140 g/mol. The van der Waals surface area contributed by atoms with Crippen molar-refractivity contribution >= 4 is 109 Å². The number of methoxy groups -OCH3 is 2. The summed E-state index contributed by atoms with van der Waals surface area (Å²) in [5.74, 6) is -5.64. The number of sulfone groups is 2. The number of hydrogen-bond acceptors (Lipinski definition) is 31. The number of azo groups is 3. The van der Waals surface area contributed by atoms with Crippen LogP contribution in [-0.4, -0.2) is 97.0 Å². The molecule has 0 aromatic heterocycles. The Morgan fingerprint density at radius 2 is 1.05 bits per heavy atom. The molecule has 0 saturated heterocycles. The van der Waals surface area contributed by atoms with E-state index >= 15 is 0 Å². The molecule has 39 heteroatoms. The molecule has 0 aliphatic heterocycles. The van der Waals surface area contributed by atoms with Crippen LogP contribution in [0.15, 0.2) is 117 Å². The molecule has 3 N–H and O–H groups in total. The number of nitrogens with zero attached hydrogens (tertiary/aromatic N) is 6.